The van der Waals surface area contributed by atoms with Crippen molar-refractivity contribution in [3.05, 3.63) is 36.0 Å². The van der Waals surface area contributed by atoms with Gasteiger partial charge in [-0.2, -0.15) is 0 Å². The first kappa shape index (κ1) is 46.9. The molecule has 0 aromatic heterocycles. The number of piperidine rings is 1. The Labute approximate surface area is 339 Å². The quantitative estimate of drug-likeness (QED) is 0.168. The minimum absolute atomic E-state index is 0.0120. The lowest BCUT2D eigenvalue weighted by atomic mass is 9.81. The van der Waals surface area contributed by atoms with Gasteiger partial charge in [-0.15, -0.1) is 6.58 Å². The van der Waals surface area contributed by atoms with Gasteiger partial charge in [0.05, 0.1) is 30.5 Å². The molecule has 57 heavy (non-hydrogen) atoms. The highest BCUT2D eigenvalue weighted by atomic mass is 16.7. The van der Waals surface area contributed by atoms with Gasteiger partial charge in [-0.25, -0.2) is 4.79 Å². The van der Waals surface area contributed by atoms with E-state index in [1.54, 1.807) is 34.0 Å². The van der Waals surface area contributed by atoms with E-state index in [1.807, 2.05) is 26.0 Å². The van der Waals surface area contributed by atoms with E-state index in [4.69, 9.17) is 23.7 Å². The standard InChI is InChI=1S/C44H69NO12/c1-10-13-31-19-25(2)18-26(3)20-37(54-8)40-38(55-9)22-28(5)44(52,57-40)41(49)42(50)45-17-12-11-14-32(45)43(51)56-35(24-34(31)47)29(6)39(48)27(4)21-30-15-16-33(46)36(23-30)53-7/h10,19,21,26,28-33,35-40,46,48,52H,1,11-18,20,22-24H2,2-9H3/b25-19+,27-21+. The fraction of sp³-hybridized carbons (Fsp3) is 0.773. The molecule has 0 radical (unpaired) electrons. The van der Waals surface area contributed by atoms with Gasteiger partial charge in [0.25, 0.3) is 11.7 Å². The van der Waals surface area contributed by atoms with Crippen molar-refractivity contribution >= 4 is 23.4 Å². The second-order valence-electron chi connectivity index (χ2n) is 17.3. The molecule has 4 rings (SSSR count). The molecule has 3 fully saturated rings. The number of aliphatic hydroxyl groups is 3. The average molecular weight is 804 g/mol. The van der Waals surface area contributed by atoms with E-state index in [2.05, 4.69) is 6.58 Å². The van der Waals surface area contributed by atoms with Crippen molar-refractivity contribution in [3.63, 3.8) is 0 Å². The van der Waals surface area contributed by atoms with E-state index in [9.17, 15) is 34.5 Å². The van der Waals surface area contributed by atoms with Crippen LogP contribution >= 0.6 is 0 Å². The molecule has 4 aliphatic rings. The number of nitrogens with zero attached hydrogens (tertiary/aromatic N) is 1. The molecule has 3 heterocycles. The highest BCUT2D eigenvalue weighted by Crippen LogP contribution is 2.39. The summed E-state index contributed by atoms with van der Waals surface area (Å²) < 4.78 is 29.6. The molecule has 0 spiro atoms. The molecule has 3 N–H and O–H groups in total. The van der Waals surface area contributed by atoms with Crippen molar-refractivity contribution in [1.29, 1.82) is 0 Å². The fourth-order valence-electron chi connectivity index (χ4n) is 9.40. The number of carbonyl (C=O) groups excluding carboxylic acids is 4. The molecule has 2 saturated heterocycles. The lowest BCUT2D eigenvalue weighted by Crippen LogP contribution is -2.64. The van der Waals surface area contributed by atoms with Crippen molar-refractivity contribution in [2.75, 3.05) is 27.9 Å². The number of cyclic esters (lactones) is 1. The van der Waals surface area contributed by atoms with Crippen LogP contribution in [0.15, 0.2) is 36.0 Å². The second kappa shape index (κ2) is 21.0. The zero-order chi connectivity index (χ0) is 42.2. The number of fused-ring (bicyclic) bond motifs is 3. The third kappa shape index (κ3) is 11.3. The van der Waals surface area contributed by atoms with Crippen LogP contribution < -0.4 is 0 Å². The summed E-state index contributed by atoms with van der Waals surface area (Å²) in [5, 5.41) is 34.0. The van der Waals surface area contributed by atoms with Gasteiger partial charge >= 0.3 is 5.97 Å². The van der Waals surface area contributed by atoms with E-state index in [1.165, 1.54) is 14.2 Å². The van der Waals surface area contributed by atoms with Gasteiger partial charge in [0.1, 0.15) is 24.0 Å². The summed E-state index contributed by atoms with van der Waals surface area (Å²) in [5.74, 6) is -7.80. The highest BCUT2D eigenvalue weighted by Gasteiger charge is 2.56. The first-order chi connectivity index (χ1) is 27.0. The number of amides is 1. The molecule has 322 valence electrons. The minimum Gasteiger partial charge on any atom is -0.460 e. The number of Topliss-reactive ketones (excluding diaryl/α,β-unsaturated/α-hetero) is 2. The number of aliphatic hydroxyl groups excluding tert-OH is 2. The van der Waals surface area contributed by atoms with Crippen LogP contribution in [0.4, 0.5) is 0 Å². The van der Waals surface area contributed by atoms with Gasteiger partial charge < -0.3 is 43.9 Å². The average Bonchev–Trinajstić information content (AvgIpc) is 3.19. The van der Waals surface area contributed by atoms with E-state index in [-0.39, 0.29) is 49.5 Å². The summed E-state index contributed by atoms with van der Waals surface area (Å²) in [6.07, 6.45) is 5.10. The number of allylic oxidation sites excluding steroid dienone is 4. The number of carbonyl (C=O) groups is 4. The molecule has 3 aliphatic heterocycles. The molecule has 1 aliphatic carbocycles. The Hall–Kier alpha value is -2.78. The number of hydrogen-bond donors (Lipinski definition) is 3. The Balaban J connectivity index is 1.74. The maximum Gasteiger partial charge on any atom is 0.329 e. The molecule has 1 saturated carbocycles. The van der Waals surface area contributed by atoms with Crippen molar-refractivity contribution < 1.29 is 58.2 Å². The molecule has 2 bridgehead atoms. The van der Waals surface area contributed by atoms with Crippen molar-refractivity contribution in [3.8, 4) is 0 Å². The maximum atomic E-state index is 14.3. The SMILES string of the molecule is C=CCC1/C=C(\C)CC(C)CC(OC)C2OC(O)(C(=O)C(=O)N3CCCCC3C(=O)OC(C(C)C(O)/C(C)=C/C3CCC(O)C(OC)C3)CC1=O)C(C)CC2OC. The predicted molar refractivity (Wildman–Crippen MR) is 213 cm³/mol. The topological polar surface area (TPSA) is 178 Å². The third-order valence-corrected chi connectivity index (χ3v) is 12.9. The van der Waals surface area contributed by atoms with E-state index in [0.717, 1.165) is 10.5 Å². The van der Waals surface area contributed by atoms with Crippen LogP contribution in [0.2, 0.25) is 0 Å². The van der Waals surface area contributed by atoms with Gasteiger partial charge in [0.15, 0.2) is 0 Å². The first-order valence-corrected chi connectivity index (χ1v) is 20.9. The minimum atomic E-state index is -2.50. The molecule has 0 aromatic carbocycles. The lowest BCUT2D eigenvalue weighted by Gasteiger charge is -2.47. The van der Waals surface area contributed by atoms with Crippen LogP contribution in [0, 0.1) is 29.6 Å². The van der Waals surface area contributed by atoms with Crippen LogP contribution in [-0.2, 0) is 42.9 Å². The Morgan fingerprint density at radius 2 is 1.67 bits per heavy atom. The Bertz CT molecular complexity index is 1480. The number of ketones is 2. The van der Waals surface area contributed by atoms with Gasteiger partial charge in [0.2, 0.25) is 5.79 Å². The van der Waals surface area contributed by atoms with Gasteiger partial charge in [0, 0.05) is 52.0 Å². The smallest absolute Gasteiger partial charge is 0.329 e. The Kier molecular flexibility index (Phi) is 17.2. The number of hydrogen-bond acceptors (Lipinski definition) is 12. The summed E-state index contributed by atoms with van der Waals surface area (Å²) >= 11 is 0. The van der Waals surface area contributed by atoms with E-state index >= 15 is 0 Å². The Morgan fingerprint density at radius 3 is 2.32 bits per heavy atom. The van der Waals surface area contributed by atoms with Crippen LogP contribution in [0.25, 0.3) is 0 Å². The zero-order valence-corrected chi connectivity index (χ0v) is 35.4. The molecule has 13 heteroatoms. The summed E-state index contributed by atoms with van der Waals surface area (Å²) in [4.78, 5) is 58.0. The van der Waals surface area contributed by atoms with Crippen LogP contribution in [0.3, 0.4) is 0 Å². The maximum absolute atomic E-state index is 14.3. The number of rotatable bonds is 9. The van der Waals surface area contributed by atoms with Crippen LogP contribution in [0.5, 0.6) is 0 Å². The third-order valence-electron chi connectivity index (χ3n) is 12.9. The monoisotopic (exact) mass is 803 g/mol. The van der Waals surface area contributed by atoms with E-state index < -0.39 is 83.9 Å². The summed E-state index contributed by atoms with van der Waals surface area (Å²) in [6.45, 7) is 13.1. The molecule has 14 atom stereocenters. The molecule has 0 aromatic rings. The second-order valence-corrected chi connectivity index (χ2v) is 17.3. The van der Waals surface area contributed by atoms with Crippen molar-refractivity contribution in [1.82, 2.24) is 4.90 Å². The normalized spacial score (nSPS) is 39.1. The van der Waals surface area contributed by atoms with Gasteiger partial charge in [-0.05, 0) is 95.5 Å². The van der Waals surface area contributed by atoms with E-state index in [0.29, 0.717) is 56.9 Å². The summed E-state index contributed by atoms with van der Waals surface area (Å²) in [6, 6.07) is -1.17. The molecule has 1 amide bonds. The molecule has 14 unspecified atom stereocenters. The first-order valence-electron chi connectivity index (χ1n) is 20.9. The van der Waals surface area contributed by atoms with Crippen molar-refractivity contribution in [2.24, 2.45) is 29.6 Å². The fourth-order valence-corrected chi connectivity index (χ4v) is 9.40. The summed E-state index contributed by atoms with van der Waals surface area (Å²) in [5.41, 5.74) is 1.60. The molecule has 13 nitrogen and oxygen atoms in total. The van der Waals surface area contributed by atoms with Crippen molar-refractivity contribution in [2.45, 2.75) is 160 Å². The molecular formula is C44H69NO12. The number of methoxy groups -OCH3 is 3. The zero-order valence-electron chi connectivity index (χ0n) is 35.4. The predicted octanol–water partition coefficient (Wildman–Crippen LogP) is 4.64. The largest absolute Gasteiger partial charge is 0.460 e. The Morgan fingerprint density at radius 1 is 1.00 bits per heavy atom. The summed E-state index contributed by atoms with van der Waals surface area (Å²) in [7, 11) is 4.63. The number of esters is 1. The van der Waals surface area contributed by atoms with Crippen LogP contribution in [-0.4, -0.2) is 126 Å². The molecular weight excluding hydrogens is 734 g/mol. The van der Waals surface area contributed by atoms with Gasteiger partial charge in [-0.1, -0.05) is 44.6 Å². The van der Waals surface area contributed by atoms with Gasteiger partial charge in [-0.3, -0.25) is 14.4 Å². The highest BCUT2D eigenvalue weighted by molar-refractivity contribution is 6.39. The number of ether oxygens (including phenoxy) is 5. The lowest BCUT2D eigenvalue weighted by molar-refractivity contribution is -0.302. The van der Waals surface area contributed by atoms with Crippen LogP contribution in [0.1, 0.15) is 105 Å².